The van der Waals surface area contributed by atoms with E-state index in [9.17, 15) is 23.1 Å². The highest BCUT2D eigenvalue weighted by Gasteiger charge is 2.45. The predicted molar refractivity (Wildman–Crippen MR) is 110 cm³/mol. The molecule has 1 aliphatic heterocycles. The zero-order valence-electron chi connectivity index (χ0n) is 15.1. The number of nitrogens with two attached hydrogens (primary N) is 1. The molecule has 1 saturated heterocycles. The third-order valence-corrected chi connectivity index (χ3v) is 4.98. The number of β-amino-alcohol motifs (C(OH)–C–C–N with tert-alkyl or cyclic N) is 1. The van der Waals surface area contributed by atoms with Gasteiger partial charge in [0, 0.05) is 10.6 Å². The summed E-state index contributed by atoms with van der Waals surface area (Å²) in [7, 11) is 1.43. The largest absolute Gasteiger partial charge is 0.370 e. The second-order valence-electron chi connectivity index (χ2n) is 6.46. The van der Waals surface area contributed by atoms with Crippen LogP contribution in [-0.4, -0.2) is 47.7 Å². The summed E-state index contributed by atoms with van der Waals surface area (Å²) in [5.74, 6) is -3.87. The van der Waals surface area contributed by atoms with Crippen molar-refractivity contribution in [3.05, 3.63) is 56.9 Å². The van der Waals surface area contributed by atoms with E-state index in [0.717, 1.165) is 12.1 Å². The number of anilines is 2. The van der Waals surface area contributed by atoms with E-state index in [2.05, 4.69) is 15.6 Å². The predicted octanol–water partition coefficient (Wildman–Crippen LogP) is 2.13. The van der Waals surface area contributed by atoms with Crippen LogP contribution in [0.3, 0.4) is 0 Å². The highest BCUT2D eigenvalue weighted by Crippen LogP contribution is 2.31. The maximum atomic E-state index is 14.4. The molecule has 5 N–H and O–H groups in total. The van der Waals surface area contributed by atoms with E-state index in [0.29, 0.717) is 3.57 Å². The van der Waals surface area contributed by atoms with E-state index < -0.39 is 34.8 Å². The smallest absolute Gasteiger partial charge is 0.256 e. The first-order valence-corrected chi connectivity index (χ1v) is 9.43. The number of carbonyl (C=O) groups is 1. The number of guanidine groups is 1. The lowest BCUT2D eigenvalue weighted by atomic mass is 10.0. The molecular formula is C18H17F3IN5O2. The third kappa shape index (κ3) is 4.40. The Morgan fingerprint density at radius 2 is 1.93 bits per heavy atom. The molecule has 154 valence electrons. The quantitative estimate of drug-likeness (QED) is 0.215. The van der Waals surface area contributed by atoms with Crippen LogP contribution < -0.4 is 16.4 Å². The Labute approximate surface area is 177 Å². The number of nitrogens with zero attached hydrogens (tertiary/aromatic N) is 2. The molecule has 0 spiro atoms. The number of benzene rings is 2. The van der Waals surface area contributed by atoms with Gasteiger partial charge in [0.15, 0.2) is 23.3 Å². The molecule has 29 heavy (non-hydrogen) atoms. The van der Waals surface area contributed by atoms with Crippen molar-refractivity contribution >= 4 is 45.8 Å². The Hall–Kier alpha value is -2.54. The Kier molecular flexibility index (Phi) is 5.89. The van der Waals surface area contributed by atoms with Crippen LogP contribution >= 0.6 is 22.6 Å². The minimum Gasteiger partial charge on any atom is -0.370 e. The second-order valence-corrected chi connectivity index (χ2v) is 7.71. The highest BCUT2D eigenvalue weighted by molar-refractivity contribution is 14.1. The number of rotatable bonds is 4. The van der Waals surface area contributed by atoms with Gasteiger partial charge in [0.05, 0.1) is 30.0 Å². The molecule has 1 amide bonds. The fourth-order valence-electron chi connectivity index (χ4n) is 2.85. The Bertz CT molecular complexity index is 996. The van der Waals surface area contributed by atoms with Gasteiger partial charge in [0.1, 0.15) is 5.82 Å². The molecule has 3 rings (SSSR count). The summed E-state index contributed by atoms with van der Waals surface area (Å²) in [6.07, 6.45) is 0. The summed E-state index contributed by atoms with van der Waals surface area (Å²) < 4.78 is 43.0. The van der Waals surface area contributed by atoms with E-state index >= 15 is 0 Å². The average molecular weight is 519 g/mol. The number of likely N-dealkylation sites (tertiary alicyclic amines) is 1. The van der Waals surface area contributed by atoms with Crippen LogP contribution in [0.25, 0.3) is 0 Å². The van der Waals surface area contributed by atoms with Crippen LogP contribution in [0.5, 0.6) is 0 Å². The van der Waals surface area contributed by atoms with Crippen LogP contribution in [0, 0.1) is 21.0 Å². The zero-order valence-corrected chi connectivity index (χ0v) is 17.3. The van der Waals surface area contributed by atoms with Crippen LogP contribution in [0.15, 0.2) is 35.3 Å². The highest BCUT2D eigenvalue weighted by atomic mass is 127. The lowest BCUT2D eigenvalue weighted by molar-refractivity contribution is -0.0915. The summed E-state index contributed by atoms with van der Waals surface area (Å²) in [6, 6.07) is 6.05. The molecule has 0 radical (unpaired) electrons. The SMILES string of the molecule is CN=C(N)NC1(O)CN(C(=O)c2ccc(F)c(F)c2Nc2ccc(I)cc2F)C1. The van der Waals surface area contributed by atoms with Crippen LogP contribution in [0.4, 0.5) is 24.5 Å². The van der Waals surface area contributed by atoms with Crippen molar-refractivity contribution in [3.63, 3.8) is 0 Å². The van der Waals surface area contributed by atoms with Gasteiger partial charge < -0.3 is 26.4 Å². The van der Waals surface area contributed by atoms with Gasteiger partial charge in [-0.2, -0.15) is 0 Å². The molecular weight excluding hydrogens is 502 g/mol. The van der Waals surface area contributed by atoms with Crippen molar-refractivity contribution in [3.8, 4) is 0 Å². The number of hydrogen-bond acceptors (Lipinski definition) is 4. The average Bonchev–Trinajstić information content (AvgIpc) is 2.64. The van der Waals surface area contributed by atoms with E-state index in [1.54, 1.807) is 6.07 Å². The van der Waals surface area contributed by atoms with Crippen molar-refractivity contribution < 1.29 is 23.1 Å². The van der Waals surface area contributed by atoms with Gasteiger partial charge in [-0.3, -0.25) is 9.79 Å². The van der Waals surface area contributed by atoms with E-state index in [1.807, 2.05) is 22.6 Å². The van der Waals surface area contributed by atoms with Gasteiger partial charge in [-0.05, 0) is 52.9 Å². The molecule has 11 heteroatoms. The molecule has 2 aromatic carbocycles. The van der Waals surface area contributed by atoms with Crippen LogP contribution in [-0.2, 0) is 0 Å². The Balaban J connectivity index is 1.87. The van der Waals surface area contributed by atoms with Crippen molar-refractivity contribution in [2.24, 2.45) is 10.7 Å². The molecule has 1 fully saturated rings. The number of hydrogen-bond donors (Lipinski definition) is 4. The molecule has 1 heterocycles. The second kappa shape index (κ2) is 8.06. The van der Waals surface area contributed by atoms with E-state index in [4.69, 9.17) is 5.73 Å². The van der Waals surface area contributed by atoms with Gasteiger partial charge >= 0.3 is 0 Å². The van der Waals surface area contributed by atoms with Crippen molar-refractivity contribution in [1.29, 1.82) is 0 Å². The van der Waals surface area contributed by atoms with Gasteiger partial charge in [0.2, 0.25) is 0 Å². The number of nitrogens with one attached hydrogen (secondary N) is 2. The first-order chi connectivity index (χ1) is 13.6. The van der Waals surface area contributed by atoms with Crippen LogP contribution in [0.2, 0.25) is 0 Å². The Morgan fingerprint density at radius 1 is 1.24 bits per heavy atom. The number of aliphatic imine (C=N–C) groups is 1. The minimum atomic E-state index is -1.48. The first kappa shape index (κ1) is 21.2. The molecule has 0 bridgehead atoms. The van der Waals surface area contributed by atoms with Gasteiger partial charge in [-0.1, -0.05) is 0 Å². The lowest BCUT2D eigenvalue weighted by Crippen LogP contribution is -2.72. The summed E-state index contributed by atoms with van der Waals surface area (Å²) >= 11 is 1.91. The number of carbonyl (C=O) groups excluding carboxylic acids is 1. The summed E-state index contributed by atoms with van der Waals surface area (Å²) in [4.78, 5) is 17.7. The van der Waals surface area contributed by atoms with Crippen molar-refractivity contribution in [1.82, 2.24) is 10.2 Å². The molecule has 0 atom stereocenters. The lowest BCUT2D eigenvalue weighted by Gasteiger charge is -2.46. The number of amides is 1. The first-order valence-electron chi connectivity index (χ1n) is 8.36. The van der Waals surface area contributed by atoms with Gasteiger partial charge in [-0.15, -0.1) is 0 Å². The molecule has 0 aromatic heterocycles. The summed E-state index contributed by atoms with van der Waals surface area (Å²) in [6.45, 7) is -0.309. The maximum absolute atomic E-state index is 14.4. The molecule has 0 aliphatic carbocycles. The monoisotopic (exact) mass is 519 g/mol. The standard InChI is InChI=1S/C18H17F3IN5O2/c1-24-17(23)26-18(29)7-27(8-18)16(28)10-3-4-11(19)14(21)15(10)25-13-5-2-9(22)6-12(13)20/h2-6,25,29H,7-8H2,1H3,(H3,23,24,26). The van der Waals surface area contributed by atoms with Crippen molar-refractivity contribution in [2.45, 2.75) is 5.72 Å². The topological polar surface area (TPSA) is 103 Å². The van der Waals surface area contributed by atoms with Crippen molar-refractivity contribution in [2.75, 3.05) is 25.5 Å². The fraction of sp³-hybridized carbons (Fsp3) is 0.222. The molecule has 7 nitrogen and oxygen atoms in total. The summed E-state index contributed by atoms with van der Waals surface area (Å²) in [5, 5.41) is 15.3. The zero-order chi connectivity index (χ0) is 21.3. The summed E-state index contributed by atoms with van der Waals surface area (Å²) in [5.41, 5.74) is 3.22. The molecule has 1 aliphatic rings. The molecule has 2 aromatic rings. The fourth-order valence-corrected chi connectivity index (χ4v) is 3.30. The molecule has 0 saturated carbocycles. The normalized spacial score (nSPS) is 15.7. The maximum Gasteiger partial charge on any atom is 0.256 e. The van der Waals surface area contributed by atoms with Gasteiger partial charge in [0.25, 0.3) is 5.91 Å². The van der Waals surface area contributed by atoms with E-state index in [1.165, 1.54) is 24.1 Å². The van der Waals surface area contributed by atoms with Gasteiger partial charge in [-0.25, -0.2) is 13.2 Å². The minimum absolute atomic E-state index is 0.0102. The van der Waals surface area contributed by atoms with E-state index in [-0.39, 0.29) is 30.3 Å². The Morgan fingerprint density at radius 3 is 2.55 bits per heavy atom. The number of aliphatic hydroxyl groups is 1. The number of halogens is 4. The van der Waals surface area contributed by atoms with Crippen LogP contribution in [0.1, 0.15) is 10.4 Å². The molecule has 0 unspecified atom stereocenters. The third-order valence-electron chi connectivity index (χ3n) is 4.31.